The molecular formula is C16H26Cl2SiTi. The molecule has 0 spiro atoms. The van der Waals surface area contributed by atoms with Crippen LogP contribution in [0.3, 0.4) is 0 Å². The predicted octanol–water partition coefficient (Wildman–Crippen LogP) is 5.95. The van der Waals surface area contributed by atoms with Gasteiger partial charge >= 0.3 is 119 Å². The number of allylic oxidation sites excluding steroid dienone is 8. The molecule has 2 aliphatic rings. The van der Waals surface area contributed by atoms with Crippen molar-refractivity contribution in [3.8, 4) is 0 Å². The van der Waals surface area contributed by atoms with Gasteiger partial charge in [-0.25, -0.2) is 0 Å². The first kappa shape index (κ1) is 20.5. The number of rotatable bonds is 2. The standard InChI is InChI=1S/2C7H9.C2H6Si.2ClH.Ti/c2*1-6-4-3-5-7(6)2;1-3-2;;;/h2*4H,5H2,1-2H3;1-2H3;2*1H;. The zero-order chi connectivity index (χ0) is 13.4. The molecule has 20 heavy (non-hydrogen) atoms. The van der Waals surface area contributed by atoms with E-state index in [9.17, 15) is 0 Å². The molecule has 0 radical (unpaired) electrons. The van der Waals surface area contributed by atoms with Gasteiger partial charge in [0.1, 0.15) is 0 Å². The van der Waals surface area contributed by atoms with E-state index < -0.39 is 16.6 Å². The summed E-state index contributed by atoms with van der Waals surface area (Å²) in [4.78, 5) is 0. The molecule has 0 unspecified atom stereocenters. The van der Waals surface area contributed by atoms with E-state index in [0.29, 0.717) is 0 Å². The molecule has 0 bridgehead atoms. The van der Waals surface area contributed by atoms with Crippen molar-refractivity contribution < 1.29 is 16.6 Å². The van der Waals surface area contributed by atoms with Crippen molar-refractivity contribution in [3.63, 3.8) is 0 Å². The Balaban J connectivity index is 0.00000180. The first-order valence-electron chi connectivity index (χ1n) is 6.82. The molecule has 4 heteroatoms. The number of halogens is 2. The van der Waals surface area contributed by atoms with Gasteiger partial charge in [-0.3, -0.25) is 0 Å². The third kappa shape index (κ3) is 4.24. The van der Waals surface area contributed by atoms with Gasteiger partial charge < -0.3 is 0 Å². The van der Waals surface area contributed by atoms with Gasteiger partial charge in [-0.1, -0.05) is 0 Å². The molecule has 0 aromatic carbocycles. The minimum absolute atomic E-state index is 0. The van der Waals surface area contributed by atoms with Crippen molar-refractivity contribution >= 4 is 31.0 Å². The summed E-state index contributed by atoms with van der Waals surface area (Å²) < 4.78 is 3.69. The Bertz CT molecular complexity index is 515. The van der Waals surface area contributed by atoms with E-state index in [2.05, 4.69) is 52.9 Å². The van der Waals surface area contributed by atoms with Gasteiger partial charge in [0.2, 0.25) is 0 Å². The first-order chi connectivity index (χ1) is 8.40. The Morgan fingerprint density at radius 3 is 1.35 bits per heavy atom. The van der Waals surface area contributed by atoms with Crippen LogP contribution in [0.5, 0.6) is 0 Å². The molecule has 2 aliphatic carbocycles. The van der Waals surface area contributed by atoms with Gasteiger partial charge in [0.15, 0.2) is 0 Å². The zero-order valence-corrected chi connectivity index (χ0v) is 17.6. The van der Waals surface area contributed by atoms with Crippen LogP contribution in [0.2, 0.25) is 13.1 Å². The van der Waals surface area contributed by atoms with Crippen LogP contribution in [-0.4, -0.2) is 6.19 Å². The van der Waals surface area contributed by atoms with Gasteiger partial charge in [0.25, 0.3) is 0 Å². The molecule has 0 amide bonds. The Kier molecular flexibility index (Phi) is 8.39. The molecule has 0 aliphatic heterocycles. The fourth-order valence-corrected chi connectivity index (χ4v) is 14.7. The summed E-state index contributed by atoms with van der Waals surface area (Å²) >= 11 is -1.14. The summed E-state index contributed by atoms with van der Waals surface area (Å²) in [5.41, 5.74) is 6.30. The van der Waals surface area contributed by atoms with Crippen LogP contribution in [0.25, 0.3) is 0 Å². The summed E-state index contributed by atoms with van der Waals surface area (Å²) in [5.74, 6) is 0. The SMILES string of the molecule is CC1=C(C)C[C]([Ti]([C]2=CC(C)=C(C)C2)=[Si](C)C)=C1.Cl.Cl. The maximum Gasteiger partial charge on any atom is -0.147 e. The normalized spacial score (nSPS) is 17.5. The van der Waals surface area contributed by atoms with E-state index in [1.165, 1.54) is 12.8 Å². The smallest absolute Gasteiger partial charge is 0.147 e. The maximum absolute atomic E-state index is 2.54. The fourth-order valence-electron chi connectivity index (χ4n) is 2.89. The topological polar surface area (TPSA) is 0 Å². The molecule has 0 aromatic rings. The predicted molar refractivity (Wildman–Crippen MR) is 94.1 cm³/mol. The van der Waals surface area contributed by atoms with Gasteiger partial charge in [-0.2, -0.15) is 0 Å². The molecule has 0 nitrogen and oxygen atoms in total. The zero-order valence-electron chi connectivity index (χ0n) is 13.4. The second-order valence-electron chi connectivity index (χ2n) is 5.99. The van der Waals surface area contributed by atoms with Crippen molar-refractivity contribution in [1.82, 2.24) is 0 Å². The molecule has 0 saturated heterocycles. The minimum atomic E-state index is -1.14. The molecule has 0 aromatic heterocycles. The van der Waals surface area contributed by atoms with Gasteiger partial charge in [-0.05, 0) is 0 Å². The van der Waals surface area contributed by atoms with Gasteiger partial charge in [0.05, 0.1) is 0 Å². The van der Waals surface area contributed by atoms with Crippen molar-refractivity contribution in [2.24, 2.45) is 0 Å². The van der Waals surface area contributed by atoms with Crippen LogP contribution in [-0.2, 0) is 16.6 Å². The summed E-state index contributed by atoms with van der Waals surface area (Å²) in [6, 6.07) is 0. The third-order valence-corrected chi connectivity index (χ3v) is 15.5. The summed E-state index contributed by atoms with van der Waals surface area (Å²) in [7, 11) is 0. The van der Waals surface area contributed by atoms with Crippen molar-refractivity contribution in [2.45, 2.75) is 53.6 Å². The number of hydrogen-bond acceptors (Lipinski definition) is 0. The van der Waals surface area contributed by atoms with E-state index >= 15 is 0 Å². The molecule has 2 rings (SSSR count). The van der Waals surface area contributed by atoms with Crippen molar-refractivity contribution in [3.05, 3.63) is 42.2 Å². The van der Waals surface area contributed by atoms with Gasteiger partial charge in [-0.15, -0.1) is 24.8 Å². The van der Waals surface area contributed by atoms with Crippen molar-refractivity contribution in [2.75, 3.05) is 0 Å². The van der Waals surface area contributed by atoms with Crippen molar-refractivity contribution in [1.29, 1.82) is 0 Å². The summed E-state index contributed by atoms with van der Waals surface area (Å²) in [6.45, 7) is 14.3. The third-order valence-electron chi connectivity index (χ3n) is 4.18. The summed E-state index contributed by atoms with van der Waals surface area (Å²) in [5, 5.41) is 0. The minimum Gasteiger partial charge on any atom is -0.147 e. The molecular weight excluding hydrogens is 339 g/mol. The van der Waals surface area contributed by atoms with E-state index in [-0.39, 0.29) is 31.0 Å². The Labute approximate surface area is 143 Å². The summed E-state index contributed by atoms with van der Waals surface area (Å²) in [6.07, 6.45) is 7.48. The molecule has 0 atom stereocenters. The second kappa shape index (κ2) is 8.20. The molecule has 112 valence electrons. The molecule has 0 saturated carbocycles. The molecule has 0 heterocycles. The van der Waals surface area contributed by atoms with Crippen LogP contribution in [0.4, 0.5) is 0 Å². The monoisotopic (exact) mass is 364 g/mol. The van der Waals surface area contributed by atoms with Crippen LogP contribution < -0.4 is 0 Å². The van der Waals surface area contributed by atoms with Gasteiger partial charge in [0, 0.05) is 0 Å². The van der Waals surface area contributed by atoms with E-state index in [1.807, 2.05) is 7.76 Å². The van der Waals surface area contributed by atoms with E-state index in [0.717, 1.165) is 0 Å². The molecule has 0 fully saturated rings. The van der Waals surface area contributed by atoms with Crippen LogP contribution in [0.15, 0.2) is 42.2 Å². The number of hydrogen-bond donors (Lipinski definition) is 0. The Hall–Kier alpha value is 0.471. The van der Waals surface area contributed by atoms with E-state index in [4.69, 9.17) is 0 Å². The van der Waals surface area contributed by atoms with Crippen LogP contribution in [0, 0.1) is 0 Å². The van der Waals surface area contributed by atoms with Crippen LogP contribution in [0.1, 0.15) is 40.5 Å². The molecule has 0 N–H and O–H groups in total. The average molecular weight is 365 g/mol. The Morgan fingerprint density at radius 1 is 0.800 bits per heavy atom. The average Bonchev–Trinajstić information content (AvgIpc) is 2.73. The van der Waals surface area contributed by atoms with E-state index in [1.54, 1.807) is 22.3 Å². The van der Waals surface area contributed by atoms with Crippen LogP contribution >= 0.6 is 24.8 Å². The fraction of sp³-hybridized carbons (Fsp3) is 0.500. The second-order valence-corrected chi connectivity index (χ2v) is 17.9. The maximum atomic E-state index is 2.54. The quantitative estimate of drug-likeness (QED) is 0.531. The first-order valence-corrected chi connectivity index (χ1v) is 13.2. The largest absolute Gasteiger partial charge is 0.147 e. The Morgan fingerprint density at radius 2 is 1.15 bits per heavy atom.